The molecular weight excluding hydrogens is 256 g/mol. The highest BCUT2D eigenvalue weighted by Crippen LogP contribution is 2.23. The molecule has 2 N–H and O–H groups in total. The van der Waals surface area contributed by atoms with Crippen molar-refractivity contribution in [2.24, 2.45) is 0 Å². The fourth-order valence-corrected chi connectivity index (χ4v) is 1.93. The van der Waals surface area contributed by atoms with Crippen molar-refractivity contribution < 1.29 is 15.0 Å². The Morgan fingerprint density at radius 2 is 2.15 bits per heavy atom. The van der Waals surface area contributed by atoms with Crippen molar-refractivity contribution in [1.29, 1.82) is 0 Å². The van der Waals surface area contributed by atoms with Gasteiger partial charge in [-0.1, -0.05) is 0 Å². The topological polar surface area (TPSA) is 75.4 Å². The molecule has 5 heteroatoms. The Kier molecular flexibility index (Phi) is 3.89. The van der Waals surface area contributed by atoms with Gasteiger partial charge in [0.1, 0.15) is 11.5 Å². The number of carbonyl (C=O) groups excluding carboxylic acids is 1. The van der Waals surface area contributed by atoms with Gasteiger partial charge in [-0.2, -0.15) is 5.10 Å². The maximum absolute atomic E-state index is 12.0. The van der Waals surface area contributed by atoms with Crippen LogP contribution in [0.5, 0.6) is 11.5 Å². The van der Waals surface area contributed by atoms with E-state index in [1.165, 1.54) is 18.2 Å². The summed E-state index contributed by atoms with van der Waals surface area (Å²) >= 11 is 0. The molecule has 0 spiro atoms. The molecule has 1 heterocycles. The van der Waals surface area contributed by atoms with E-state index in [2.05, 4.69) is 5.10 Å². The van der Waals surface area contributed by atoms with Crippen molar-refractivity contribution in [2.45, 2.75) is 20.4 Å². The molecule has 0 amide bonds. The summed E-state index contributed by atoms with van der Waals surface area (Å²) in [5, 5.41) is 23.0. The van der Waals surface area contributed by atoms with E-state index < -0.39 is 0 Å². The number of allylic oxidation sites excluding steroid dienone is 1. The van der Waals surface area contributed by atoms with Gasteiger partial charge in [-0.25, -0.2) is 0 Å². The van der Waals surface area contributed by atoms with Gasteiger partial charge in [0.25, 0.3) is 0 Å². The number of hydrogen-bond donors (Lipinski definition) is 2. The molecule has 0 radical (unpaired) electrons. The van der Waals surface area contributed by atoms with Crippen molar-refractivity contribution in [2.75, 3.05) is 0 Å². The zero-order chi connectivity index (χ0) is 14.7. The third-order valence-electron chi connectivity index (χ3n) is 3.10. The first-order chi connectivity index (χ1) is 9.52. The van der Waals surface area contributed by atoms with Crippen LogP contribution in [0.25, 0.3) is 6.08 Å². The predicted octanol–water partition coefficient (Wildman–Crippen LogP) is 2.52. The Morgan fingerprint density at radius 1 is 1.40 bits per heavy atom. The number of ketones is 1. The van der Waals surface area contributed by atoms with Crippen LogP contribution in [0.4, 0.5) is 0 Å². The molecule has 20 heavy (non-hydrogen) atoms. The largest absolute Gasteiger partial charge is 0.508 e. The second-order valence-corrected chi connectivity index (χ2v) is 4.40. The van der Waals surface area contributed by atoms with E-state index in [1.54, 1.807) is 12.3 Å². The third-order valence-corrected chi connectivity index (χ3v) is 3.10. The summed E-state index contributed by atoms with van der Waals surface area (Å²) < 4.78 is 1.84. The molecule has 0 atom stereocenters. The molecule has 5 nitrogen and oxygen atoms in total. The lowest BCUT2D eigenvalue weighted by Gasteiger charge is -2.01. The van der Waals surface area contributed by atoms with Gasteiger partial charge in [-0.3, -0.25) is 9.48 Å². The summed E-state index contributed by atoms with van der Waals surface area (Å²) in [6, 6.07) is 3.89. The number of phenolic OH excluding ortho intramolecular Hbond substituents is 2. The van der Waals surface area contributed by atoms with Gasteiger partial charge in [0.05, 0.1) is 11.8 Å². The first-order valence-corrected chi connectivity index (χ1v) is 6.29. The molecule has 1 aromatic carbocycles. The lowest BCUT2D eigenvalue weighted by atomic mass is 10.1. The van der Waals surface area contributed by atoms with Crippen LogP contribution in [0.3, 0.4) is 0 Å². The summed E-state index contributed by atoms with van der Waals surface area (Å²) in [5.41, 5.74) is 1.99. The number of aryl methyl sites for hydroxylation is 1. The average molecular weight is 272 g/mol. The van der Waals surface area contributed by atoms with E-state index in [-0.39, 0.29) is 22.8 Å². The van der Waals surface area contributed by atoms with Crippen molar-refractivity contribution in [3.05, 3.63) is 47.3 Å². The van der Waals surface area contributed by atoms with Crippen LogP contribution in [0, 0.1) is 6.92 Å². The van der Waals surface area contributed by atoms with Crippen LogP contribution < -0.4 is 0 Å². The fourth-order valence-electron chi connectivity index (χ4n) is 1.93. The van der Waals surface area contributed by atoms with Gasteiger partial charge in [0.2, 0.25) is 0 Å². The summed E-state index contributed by atoms with van der Waals surface area (Å²) in [6.07, 6.45) is 4.75. The number of carbonyl (C=O) groups is 1. The molecule has 104 valence electrons. The number of aromatic hydroxyl groups is 2. The quantitative estimate of drug-likeness (QED) is 0.662. The second-order valence-electron chi connectivity index (χ2n) is 4.40. The average Bonchev–Trinajstić information content (AvgIpc) is 2.76. The van der Waals surface area contributed by atoms with E-state index >= 15 is 0 Å². The molecule has 2 rings (SSSR count). The monoisotopic (exact) mass is 272 g/mol. The van der Waals surface area contributed by atoms with Gasteiger partial charge in [0.15, 0.2) is 5.78 Å². The number of nitrogens with zero attached hydrogens (tertiary/aromatic N) is 2. The summed E-state index contributed by atoms with van der Waals surface area (Å²) in [4.78, 5) is 12.0. The van der Waals surface area contributed by atoms with E-state index in [0.29, 0.717) is 0 Å². The van der Waals surface area contributed by atoms with Crippen molar-refractivity contribution in [3.63, 3.8) is 0 Å². The Hall–Kier alpha value is -2.56. The van der Waals surface area contributed by atoms with Crippen LogP contribution in [-0.2, 0) is 6.54 Å². The van der Waals surface area contributed by atoms with E-state index in [1.807, 2.05) is 18.5 Å². The molecule has 0 saturated heterocycles. The minimum absolute atomic E-state index is 0.0805. The lowest BCUT2D eigenvalue weighted by molar-refractivity contribution is 0.104. The minimum atomic E-state index is -0.328. The highest BCUT2D eigenvalue weighted by Gasteiger charge is 2.09. The van der Waals surface area contributed by atoms with Gasteiger partial charge in [0, 0.05) is 23.9 Å². The van der Waals surface area contributed by atoms with E-state index in [4.69, 9.17) is 0 Å². The van der Waals surface area contributed by atoms with Crippen LogP contribution in [-0.4, -0.2) is 25.8 Å². The Bertz CT molecular complexity index is 672. The van der Waals surface area contributed by atoms with Gasteiger partial charge >= 0.3 is 0 Å². The molecule has 0 bridgehead atoms. The number of aromatic nitrogens is 2. The SMILES string of the molecule is CCn1ncc(/C=C/C(=O)c2ccc(O)cc2O)c1C. The predicted molar refractivity (Wildman–Crippen MR) is 75.8 cm³/mol. The molecule has 0 aliphatic heterocycles. The minimum Gasteiger partial charge on any atom is -0.508 e. The lowest BCUT2D eigenvalue weighted by Crippen LogP contribution is -1.98. The fraction of sp³-hybridized carbons (Fsp3) is 0.200. The summed E-state index contributed by atoms with van der Waals surface area (Å²) in [7, 11) is 0. The maximum Gasteiger partial charge on any atom is 0.189 e. The zero-order valence-corrected chi connectivity index (χ0v) is 11.4. The smallest absolute Gasteiger partial charge is 0.189 e. The van der Waals surface area contributed by atoms with E-state index in [0.717, 1.165) is 23.9 Å². The number of rotatable bonds is 4. The number of phenols is 2. The van der Waals surface area contributed by atoms with Crippen molar-refractivity contribution in [3.8, 4) is 11.5 Å². The Morgan fingerprint density at radius 3 is 2.75 bits per heavy atom. The van der Waals surface area contributed by atoms with Gasteiger partial charge < -0.3 is 10.2 Å². The number of benzene rings is 1. The molecule has 2 aromatic rings. The normalized spacial score (nSPS) is 11.1. The van der Waals surface area contributed by atoms with Crippen molar-refractivity contribution >= 4 is 11.9 Å². The highest BCUT2D eigenvalue weighted by molar-refractivity contribution is 6.08. The van der Waals surface area contributed by atoms with Gasteiger partial charge in [-0.05, 0) is 38.1 Å². The van der Waals surface area contributed by atoms with E-state index in [9.17, 15) is 15.0 Å². The maximum atomic E-state index is 12.0. The van der Waals surface area contributed by atoms with Crippen molar-refractivity contribution in [1.82, 2.24) is 9.78 Å². The first kappa shape index (κ1) is 13.9. The van der Waals surface area contributed by atoms with Crippen LogP contribution >= 0.6 is 0 Å². The molecule has 1 aromatic heterocycles. The Labute approximate surface area is 116 Å². The molecule has 0 saturated carbocycles. The third kappa shape index (κ3) is 2.71. The standard InChI is InChI=1S/C15H16N2O3/c1-3-17-10(2)11(9-16-17)4-7-14(19)13-6-5-12(18)8-15(13)20/h4-9,18,20H,3H2,1-2H3/b7-4+. The summed E-state index contributed by atoms with van der Waals surface area (Å²) in [5.74, 6) is -0.644. The Balaban J connectivity index is 2.22. The highest BCUT2D eigenvalue weighted by atomic mass is 16.3. The molecule has 0 aliphatic carbocycles. The molecule has 0 unspecified atom stereocenters. The second kappa shape index (κ2) is 5.61. The number of hydrogen-bond acceptors (Lipinski definition) is 4. The molecular formula is C15H16N2O3. The molecule has 0 fully saturated rings. The van der Waals surface area contributed by atoms with Crippen LogP contribution in [0.1, 0.15) is 28.5 Å². The van der Waals surface area contributed by atoms with Crippen LogP contribution in [0.15, 0.2) is 30.5 Å². The first-order valence-electron chi connectivity index (χ1n) is 6.29. The zero-order valence-electron chi connectivity index (χ0n) is 11.4. The van der Waals surface area contributed by atoms with Crippen LogP contribution in [0.2, 0.25) is 0 Å². The van der Waals surface area contributed by atoms with Gasteiger partial charge in [-0.15, -0.1) is 0 Å². The molecule has 0 aliphatic rings. The summed E-state index contributed by atoms with van der Waals surface area (Å²) in [6.45, 7) is 4.69.